The molecule has 1 saturated heterocycles. The maximum atomic E-state index is 13.0. The number of nitrogens with two attached hydrogens (primary N) is 1. The number of imide groups is 2. The van der Waals surface area contributed by atoms with Crippen LogP contribution in [0.25, 0.3) is 0 Å². The number of carbonyl (C=O) groups excluding carboxylic acids is 6. The topological polar surface area (TPSA) is 165 Å². The maximum Gasteiger partial charge on any atom is 0.311 e. The number of esters is 1. The molecule has 4 N–H and O–H groups in total. The van der Waals surface area contributed by atoms with Crippen molar-refractivity contribution < 1.29 is 33.5 Å². The lowest BCUT2D eigenvalue weighted by molar-refractivity contribution is -0.137. The first-order chi connectivity index (χ1) is 15.3. The Morgan fingerprint density at radius 1 is 1.12 bits per heavy atom. The zero-order valence-electron chi connectivity index (χ0n) is 17.3. The van der Waals surface area contributed by atoms with Gasteiger partial charge in [-0.05, 0) is 31.4 Å². The largest absolute Gasteiger partial charge is 0.426 e. The highest BCUT2D eigenvalue weighted by Gasteiger charge is 2.46. The molecule has 1 fully saturated rings. The summed E-state index contributed by atoms with van der Waals surface area (Å²) in [5.74, 6) is -3.43. The summed E-state index contributed by atoms with van der Waals surface area (Å²) in [6.45, 7) is 0.389. The molecule has 0 bridgehead atoms. The van der Waals surface area contributed by atoms with Gasteiger partial charge in [0, 0.05) is 19.4 Å². The molecule has 1 unspecified atom stereocenters. The molecule has 11 nitrogen and oxygen atoms in total. The van der Waals surface area contributed by atoms with Gasteiger partial charge in [-0.1, -0.05) is 12.5 Å². The van der Waals surface area contributed by atoms with Crippen molar-refractivity contribution in [3.05, 3.63) is 29.3 Å². The number of hydrogen-bond donors (Lipinski definition) is 3. The average Bonchev–Trinajstić information content (AvgIpc) is 3.01. The lowest BCUT2D eigenvalue weighted by Crippen LogP contribution is -2.54. The summed E-state index contributed by atoms with van der Waals surface area (Å²) in [7, 11) is 0. The molecule has 0 aliphatic carbocycles. The molecule has 1 aromatic carbocycles. The monoisotopic (exact) mass is 444 g/mol. The Hall–Kier alpha value is -3.60. The number of carbonyl (C=O) groups is 6. The first-order valence-electron chi connectivity index (χ1n) is 10.4. The first-order valence-corrected chi connectivity index (χ1v) is 10.4. The maximum absolute atomic E-state index is 13.0. The molecule has 1 aromatic rings. The van der Waals surface area contributed by atoms with Crippen LogP contribution in [0.5, 0.6) is 5.75 Å². The normalized spacial score (nSPS) is 17.8. The van der Waals surface area contributed by atoms with Crippen LogP contribution in [0.3, 0.4) is 0 Å². The second-order valence-electron chi connectivity index (χ2n) is 7.46. The molecule has 0 spiro atoms. The minimum atomic E-state index is -1.09. The fourth-order valence-electron chi connectivity index (χ4n) is 3.61. The summed E-state index contributed by atoms with van der Waals surface area (Å²) in [5.41, 5.74) is 5.16. The third kappa shape index (κ3) is 4.99. The van der Waals surface area contributed by atoms with E-state index in [4.69, 9.17) is 10.5 Å². The Morgan fingerprint density at radius 3 is 2.62 bits per heavy atom. The lowest BCUT2D eigenvalue weighted by atomic mass is 10.0. The van der Waals surface area contributed by atoms with Crippen molar-refractivity contribution in [2.45, 2.75) is 44.6 Å². The minimum Gasteiger partial charge on any atom is -0.426 e. The molecule has 1 atom stereocenters. The van der Waals surface area contributed by atoms with E-state index in [1.54, 1.807) is 0 Å². The van der Waals surface area contributed by atoms with Gasteiger partial charge in [0.2, 0.25) is 17.7 Å². The van der Waals surface area contributed by atoms with Gasteiger partial charge in [0.1, 0.15) is 11.8 Å². The fraction of sp³-hybridized carbons (Fsp3) is 0.429. The van der Waals surface area contributed by atoms with E-state index in [1.807, 2.05) is 0 Å². The predicted molar refractivity (Wildman–Crippen MR) is 109 cm³/mol. The quantitative estimate of drug-likeness (QED) is 0.201. The molecule has 170 valence electrons. The fourth-order valence-corrected chi connectivity index (χ4v) is 3.61. The summed E-state index contributed by atoms with van der Waals surface area (Å²) in [4.78, 5) is 73.4. The molecule has 32 heavy (non-hydrogen) atoms. The molecule has 11 heteroatoms. The Balaban J connectivity index is 1.60. The molecule has 0 radical (unpaired) electrons. The second kappa shape index (κ2) is 10.1. The Morgan fingerprint density at radius 2 is 1.91 bits per heavy atom. The van der Waals surface area contributed by atoms with E-state index in [-0.39, 0.29) is 48.6 Å². The molecule has 2 aliphatic rings. The predicted octanol–water partition coefficient (Wildman–Crippen LogP) is -0.371. The smallest absolute Gasteiger partial charge is 0.311 e. The van der Waals surface area contributed by atoms with Gasteiger partial charge < -0.3 is 15.8 Å². The Labute approximate surface area is 183 Å². The van der Waals surface area contributed by atoms with Gasteiger partial charge in [0.25, 0.3) is 11.8 Å². The zero-order chi connectivity index (χ0) is 23.3. The van der Waals surface area contributed by atoms with Crippen molar-refractivity contribution in [2.24, 2.45) is 5.73 Å². The van der Waals surface area contributed by atoms with Crippen molar-refractivity contribution in [1.82, 2.24) is 15.5 Å². The highest BCUT2D eigenvalue weighted by Crippen LogP contribution is 2.33. The van der Waals surface area contributed by atoms with Gasteiger partial charge in [-0.25, -0.2) is 0 Å². The number of nitrogens with one attached hydrogen (secondary N) is 2. The van der Waals surface area contributed by atoms with E-state index in [9.17, 15) is 28.8 Å². The average molecular weight is 444 g/mol. The SMILES string of the molecule is NCC(=O)NCCCCCC(=O)Oc1cccc2c1C(=O)N(C1CCC(=O)NC1=O)C2=O. The third-order valence-electron chi connectivity index (χ3n) is 5.22. The van der Waals surface area contributed by atoms with Crippen molar-refractivity contribution in [3.8, 4) is 5.75 Å². The summed E-state index contributed by atoms with van der Waals surface area (Å²) in [6.07, 6.45) is 2.01. The van der Waals surface area contributed by atoms with Crippen molar-refractivity contribution >= 4 is 35.5 Å². The van der Waals surface area contributed by atoms with Crippen molar-refractivity contribution in [2.75, 3.05) is 13.1 Å². The third-order valence-corrected chi connectivity index (χ3v) is 5.22. The number of piperidine rings is 1. The zero-order valence-corrected chi connectivity index (χ0v) is 17.3. The number of benzene rings is 1. The van der Waals surface area contributed by atoms with Gasteiger partial charge in [-0.15, -0.1) is 0 Å². The van der Waals surface area contributed by atoms with Crippen LogP contribution in [0.15, 0.2) is 18.2 Å². The van der Waals surface area contributed by atoms with Gasteiger partial charge >= 0.3 is 5.97 Å². The molecule has 3 rings (SSSR count). The molecule has 0 aromatic heterocycles. The van der Waals surface area contributed by atoms with E-state index < -0.39 is 35.6 Å². The molecular formula is C21H24N4O7. The highest BCUT2D eigenvalue weighted by atomic mass is 16.5. The first kappa shape index (κ1) is 23.1. The highest BCUT2D eigenvalue weighted by molar-refractivity contribution is 6.24. The summed E-state index contributed by atoms with van der Waals surface area (Å²) in [6, 6.07) is 3.23. The number of ether oxygens (including phenoxy) is 1. The van der Waals surface area contributed by atoms with E-state index in [0.717, 1.165) is 4.90 Å². The van der Waals surface area contributed by atoms with E-state index in [1.165, 1.54) is 18.2 Å². The van der Waals surface area contributed by atoms with Crippen molar-refractivity contribution in [1.29, 1.82) is 0 Å². The second-order valence-corrected chi connectivity index (χ2v) is 7.46. The standard InChI is InChI=1S/C21H24N4O7/c22-11-16(27)23-10-3-1-2-7-17(28)32-14-6-4-5-12-18(14)21(31)25(20(12)30)13-8-9-15(26)24-19(13)29/h4-6,13H,1-3,7-11,22H2,(H,23,27)(H,24,26,29). The number of hydrogen-bond acceptors (Lipinski definition) is 8. The molecule has 2 heterocycles. The number of fused-ring (bicyclic) bond motifs is 1. The van der Waals surface area contributed by atoms with E-state index >= 15 is 0 Å². The number of nitrogens with zero attached hydrogens (tertiary/aromatic N) is 1. The van der Waals surface area contributed by atoms with Gasteiger partial charge in [0.05, 0.1) is 17.7 Å². The lowest BCUT2D eigenvalue weighted by Gasteiger charge is -2.27. The Bertz CT molecular complexity index is 975. The van der Waals surface area contributed by atoms with Crippen LogP contribution >= 0.6 is 0 Å². The van der Waals surface area contributed by atoms with E-state index in [0.29, 0.717) is 25.8 Å². The van der Waals surface area contributed by atoms with Crippen LogP contribution in [0.1, 0.15) is 59.2 Å². The molecule has 2 aliphatic heterocycles. The Kier molecular flexibility index (Phi) is 7.31. The summed E-state index contributed by atoms with van der Waals surface area (Å²) in [5, 5.41) is 4.76. The van der Waals surface area contributed by atoms with Gasteiger partial charge in [0.15, 0.2) is 0 Å². The molecule has 0 saturated carbocycles. The van der Waals surface area contributed by atoms with Crippen LogP contribution in [-0.2, 0) is 19.2 Å². The van der Waals surface area contributed by atoms with Crippen LogP contribution in [0.4, 0.5) is 0 Å². The summed E-state index contributed by atoms with van der Waals surface area (Å²) >= 11 is 0. The van der Waals surface area contributed by atoms with Crippen LogP contribution in [0, 0.1) is 0 Å². The number of rotatable bonds is 9. The molecule has 5 amide bonds. The van der Waals surface area contributed by atoms with Gasteiger partial charge in [-0.2, -0.15) is 0 Å². The minimum absolute atomic E-state index is 0.0154. The van der Waals surface area contributed by atoms with Gasteiger partial charge in [-0.3, -0.25) is 39.0 Å². The summed E-state index contributed by atoms with van der Waals surface area (Å²) < 4.78 is 5.34. The van der Waals surface area contributed by atoms with Crippen LogP contribution < -0.4 is 21.1 Å². The number of unbranched alkanes of at least 4 members (excludes halogenated alkanes) is 2. The van der Waals surface area contributed by atoms with Crippen LogP contribution in [0.2, 0.25) is 0 Å². The number of amides is 5. The van der Waals surface area contributed by atoms with Crippen molar-refractivity contribution in [3.63, 3.8) is 0 Å². The van der Waals surface area contributed by atoms with E-state index in [2.05, 4.69) is 10.6 Å². The van der Waals surface area contributed by atoms with Crippen LogP contribution in [-0.4, -0.2) is 59.5 Å². The molecular weight excluding hydrogens is 420 g/mol.